The Kier molecular flexibility index (Phi) is 5.26. The number of anilines is 3. The van der Waals surface area contributed by atoms with Crippen molar-refractivity contribution in [3.05, 3.63) is 54.1 Å². The summed E-state index contributed by atoms with van der Waals surface area (Å²) >= 11 is 0. The van der Waals surface area contributed by atoms with Gasteiger partial charge in [0.2, 0.25) is 10.0 Å². The number of sulfonamides is 1. The highest BCUT2D eigenvalue weighted by atomic mass is 32.2. The smallest absolute Gasteiger partial charge is 0.255 e. The second-order valence-electron chi connectivity index (χ2n) is 7.31. The van der Waals surface area contributed by atoms with Gasteiger partial charge in [-0.05, 0) is 62.1 Å². The second-order valence-corrected chi connectivity index (χ2v) is 9.32. The molecular weight excluding hydrogens is 374 g/mol. The number of carbonyl (C=O) groups is 1. The fourth-order valence-corrected chi connectivity index (χ4v) is 5.46. The van der Waals surface area contributed by atoms with Crippen LogP contribution in [0.4, 0.5) is 17.1 Å². The minimum absolute atomic E-state index is 0.183. The highest BCUT2D eigenvalue weighted by Crippen LogP contribution is 2.29. The van der Waals surface area contributed by atoms with Crippen LogP contribution in [0.3, 0.4) is 0 Å². The monoisotopic (exact) mass is 399 g/mol. The zero-order valence-electron chi connectivity index (χ0n) is 15.8. The van der Waals surface area contributed by atoms with Gasteiger partial charge in [0.15, 0.2) is 0 Å². The van der Waals surface area contributed by atoms with Gasteiger partial charge in [-0.1, -0.05) is 12.1 Å². The molecule has 2 fully saturated rings. The van der Waals surface area contributed by atoms with E-state index in [0.29, 0.717) is 24.2 Å². The Bertz CT molecular complexity index is 951. The van der Waals surface area contributed by atoms with E-state index in [-0.39, 0.29) is 11.7 Å². The van der Waals surface area contributed by atoms with Gasteiger partial charge in [-0.3, -0.25) is 9.10 Å². The maximum Gasteiger partial charge on any atom is 0.255 e. The van der Waals surface area contributed by atoms with Crippen LogP contribution < -0.4 is 14.5 Å². The highest BCUT2D eigenvalue weighted by molar-refractivity contribution is 7.93. The molecule has 0 atom stereocenters. The molecule has 0 radical (unpaired) electrons. The average Bonchev–Trinajstić information content (AvgIpc) is 3.08. The number of carbonyl (C=O) groups excluding carboxylic acids is 1. The maximum absolute atomic E-state index is 12.7. The van der Waals surface area contributed by atoms with Crippen LogP contribution in [-0.2, 0) is 10.0 Å². The van der Waals surface area contributed by atoms with Gasteiger partial charge in [0.25, 0.3) is 5.91 Å². The lowest BCUT2D eigenvalue weighted by atomic mass is 10.1. The van der Waals surface area contributed by atoms with Crippen LogP contribution in [0.15, 0.2) is 48.5 Å². The van der Waals surface area contributed by atoms with Crippen molar-refractivity contribution < 1.29 is 13.2 Å². The Balaban J connectivity index is 1.50. The van der Waals surface area contributed by atoms with E-state index in [9.17, 15) is 13.2 Å². The fourth-order valence-electron chi connectivity index (χ4n) is 3.89. The lowest BCUT2D eigenvalue weighted by molar-refractivity contribution is 0.102. The molecule has 1 N–H and O–H groups in total. The summed E-state index contributed by atoms with van der Waals surface area (Å²) in [5, 5.41) is 3.02. The molecule has 2 heterocycles. The molecule has 7 heteroatoms. The van der Waals surface area contributed by atoms with E-state index >= 15 is 0 Å². The summed E-state index contributed by atoms with van der Waals surface area (Å²) < 4.78 is 25.5. The molecule has 2 saturated heterocycles. The Labute approximate surface area is 166 Å². The number of para-hydroxylation sites is 2. The summed E-state index contributed by atoms with van der Waals surface area (Å²) in [6.07, 6.45) is 4.23. The summed E-state index contributed by atoms with van der Waals surface area (Å²) in [7, 11) is -3.21. The van der Waals surface area contributed by atoms with Crippen molar-refractivity contribution in [2.75, 3.05) is 39.9 Å². The van der Waals surface area contributed by atoms with Crippen molar-refractivity contribution in [1.29, 1.82) is 0 Å². The van der Waals surface area contributed by atoms with Crippen LogP contribution in [0.1, 0.15) is 36.0 Å². The van der Waals surface area contributed by atoms with E-state index in [2.05, 4.69) is 10.2 Å². The molecule has 2 aromatic rings. The van der Waals surface area contributed by atoms with Crippen LogP contribution in [0.25, 0.3) is 0 Å². The fraction of sp³-hybridized carbons (Fsp3) is 0.381. The number of amides is 1. The molecule has 6 nitrogen and oxygen atoms in total. The predicted octanol–water partition coefficient (Wildman–Crippen LogP) is 3.47. The predicted molar refractivity (Wildman–Crippen MR) is 113 cm³/mol. The molecule has 0 unspecified atom stereocenters. The molecule has 2 aliphatic heterocycles. The minimum Gasteiger partial charge on any atom is -0.370 e. The summed E-state index contributed by atoms with van der Waals surface area (Å²) in [6, 6.07) is 14.7. The van der Waals surface area contributed by atoms with E-state index < -0.39 is 10.0 Å². The van der Waals surface area contributed by atoms with Crippen molar-refractivity contribution in [1.82, 2.24) is 0 Å². The molecule has 28 heavy (non-hydrogen) atoms. The van der Waals surface area contributed by atoms with Gasteiger partial charge in [0.05, 0.1) is 22.8 Å². The third-order valence-electron chi connectivity index (χ3n) is 5.37. The average molecular weight is 400 g/mol. The molecule has 0 saturated carbocycles. The van der Waals surface area contributed by atoms with Crippen molar-refractivity contribution in [2.45, 2.75) is 25.7 Å². The highest BCUT2D eigenvalue weighted by Gasteiger charge is 2.28. The van der Waals surface area contributed by atoms with E-state index in [1.165, 1.54) is 23.6 Å². The van der Waals surface area contributed by atoms with Gasteiger partial charge in [-0.2, -0.15) is 0 Å². The normalized spacial score (nSPS) is 18.9. The molecule has 0 aromatic heterocycles. The number of hydrogen-bond acceptors (Lipinski definition) is 4. The molecule has 0 bridgehead atoms. The molecule has 148 valence electrons. The SMILES string of the molecule is O=C(Nc1ccccc1N1CCCCC1)c1ccc(N2CCCS2(=O)=O)cc1. The second kappa shape index (κ2) is 7.83. The lowest BCUT2D eigenvalue weighted by Crippen LogP contribution is -2.30. The zero-order chi connectivity index (χ0) is 19.6. The van der Waals surface area contributed by atoms with Crippen LogP contribution in [0, 0.1) is 0 Å². The quantitative estimate of drug-likeness (QED) is 0.855. The number of nitrogens with one attached hydrogen (secondary N) is 1. The number of hydrogen-bond donors (Lipinski definition) is 1. The largest absolute Gasteiger partial charge is 0.370 e. The first-order valence-corrected chi connectivity index (χ1v) is 11.4. The zero-order valence-corrected chi connectivity index (χ0v) is 16.6. The molecule has 1 amide bonds. The van der Waals surface area contributed by atoms with E-state index in [1.54, 1.807) is 24.3 Å². The van der Waals surface area contributed by atoms with E-state index in [1.807, 2.05) is 24.3 Å². The number of benzene rings is 2. The Hall–Kier alpha value is -2.54. The number of piperidine rings is 1. The molecule has 2 aliphatic rings. The maximum atomic E-state index is 12.7. The van der Waals surface area contributed by atoms with Gasteiger partial charge in [-0.15, -0.1) is 0 Å². The van der Waals surface area contributed by atoms with Gasteiger partial charge < -0.3 is 10.2 Å². The summed E-state index contributed by atoms with van der Waals surface area (Å²) in [5.74, 6) is -0.0111. The van der Waals surface area contributed by atoms with Crippen LogP contribution in [-0.4, -0.2) is 39.7 Å². The first-order chi connectivity index (χ1) is 13.5. The standard InChI is InChI=1S/C21H25N3O3S/c25-21(17-9-11-18(12-10-17)24-15-6-16-28(24,26)27)22-19-7-2-3-8-20(19)23-13-4-1-5-14-23/h2-3,7-12H,1,4-6,13-16H2,(H,22,25). The number of rotatable bonds is 4. The van der Waals surface area contributed by atoms with Crippen LogP contribution in [0.2, 0.25) is 0 Å². The van der Waals surface area contributed by atoms with Gasteiger partial charge >= 0.3 is 0 Å². The first-order valence-electron chi connectivity index (χ1n) is 9.80. The third kappa shape index (κ3) is 3.85. The van der Waals surface area contributed by atoms with E-state index in [4.69, 9.17) is 0 Å². The summed E-state index contributed by atoms with van der Waals surface area (Å²) in [6.45, 7) is 2.51. The van der Waals surface area contributed by atoms with Crippen LogP contribution >= 0.6 is 0 Å². The van der Waals surface area contributed by atoms with E-state index in [0.717, 1.165) is 24.5 Å². The molecular formula is C21H25N3O3S. The third-order valence-corrected chi connectivity index (χ3v) is 7.24. The molecule has 2 aromatic carbocycles. The Morgan fingerprint density at radius 1 is 0.857 bits per heavy atom. The Morgan fingerprint density at radius 3 is 2.25 bits per heavy atom. The Morgan fingerprint density at radius 2 is 1.57 bits per heavy atom. The van der Waals surface area contributed by atoms with Crippen LogP contribution in [0.5, 0.6) is 0 Å². The minimum atomic E-state index is -3.21. The van der Waals surface area contributed by atoms with Gasteiger partial charge in [-0.25, -0.2) is 8.42 Å². The van der Waals surface area contributed by atoms with Crippen molar-refractivity contribution >= 4 is 33.0 Å². The first kappa shape index (κ1) is 18.8. The van der Waals surface area contributed by atoms with Crippen molar-refractivity contribution in [2.24, 2.45) is 0 Å². The summed E-state index contributed by atoms with van der Waals surface area (Å²) in [5.41, 5.74) is 2.98. The lowest BCUT2D eigenvalue weighted by Gasteiger charge is -2.30. The molecule has 4 rings (SSSR count). The van der Waals surface area contributed by atoms with Gasteiger partial charge in [0.1, 0.15) is 0 Å². The molecule has 0 aliphatic carbocycles. The van der Waals surface area contributed by atoms with Crippen molar-refractivity contribution in [3.8, 4) is 0 Å². The number of nitrogens with zero attached hydrogens (tertiary/aromatic N) is 2. The summed E-state index contributed by atoms with van der Waals surface area (Å²) in [4.78, 5) is 15.1. The molecule has 0 spiro atoms. The van der Waals surface area contributed by atoms with Crippen molar-refractivity contribution in [3.63, 3.8) is 0 Å². The topological polar surface area (TPSA) is 69.7 Å². The van der Waals surface area contributed by atoms with Gasteiger partial charge in [0, 0.05) is 25.2 Å².